The van der Waals surface area contributed by atoms with Crippen molar-refractivity contribution in [1.29, 1.82) is 0 Å². The van der Waals surface area contributed by atoms with Crippen LogP contribution < -0.4 is 4.52 Å². The third-order valence-electron chi connectivity index (χ3n) is 3.48. The molecular weight excluding hydrogens is 263 g/mol. The summed E-state index contributed by atoms with van der Waals surface area (Å²) in [5.74, 6) is 0.679. The van der Waals surface area contributed by atoms with Crippen molar-refractivity contribution in [3.8, 4) is 5.75 Å². The number of hydrogen-bond acceptors (Lipinski definition) is 4. The summed E-state index contributed by atoms with van der Waals surface area (Å²) in [7, 11) is -3.18. The van der Waals surface area contributed by atoms with E-state index >= 15 is 0 Å². The standard InChI is InChI=1S/C12H13N4O2P/c17-19(16-9-13-8-14-16)15(11-5-6-11)7-10-3-1-2-4-12(10)18-19/h1-4,8-9,11H,5-7H2. The predicted molar refractivity (Wildman–Crippen MR) is 68.7 cm³/mol. The lowest BCUT2D eigenvalue weighted by molar-refractivity contribution is 0.302. The Hall–Kier alpha value is -1.65. The highest BCUT2D eigenvalue weighted by Gasteiger charge is 2.48. The monoisotopic (exact) mass is 276 g/mol. The summed E-state index contributed by atoms with van der Waals surface area (Å²) < 4.78 is 22.4. The largest absolute Gasteiger partial charge is 0.444 e. The molecule has 2 aromatic rings. The maximum absolute atomic E-state index is 13.2. The molecule has 1 aliphatic carbocycles. The van der Waals surface area contributed by atoms with Crippen molar-refractivity contribution in [3.63, 3.8) is 0 Å². The van der Waals surface area contributed by atoms with Crippen LogP contribution >= 0.6 is 7.67 Å². The molecule has 6 nitrogen and oxygen atoms in total. The zero-order valence-corrected chi connectivity index (χ0v) is 11.1. The topological polar surface area (TPSA) is 60.3 Å². The van der Waals surface area contributed by atoms with Crippen LogP contribution in [0.3, 0.4) is 0 Å². The van der Waals surface area contributed by atoms with Crippen LogP contribution in [0.5, 0.6) is 5.75 Å². The highest BCUT2D eigenvalue weighted by molar-refractivity contribution is 7.55. The molecule has 0 spiro atoms. The smallest absolute Gasteiger partial charge is 0.416 e. The molecule has 1 unspecified atom stereocenters. The number of benzene rings is 1. The molecule has 1 aromatic carbocycles. The van der Waals surface area contributed by atoms with Crippen LogP contribution in [0.2, 0.25) is 0 Å². The van der Waals surface area contributed by atoms with Gasteiger partial charge in [0.1, 0.15) is 18.4 Å². The lowest BCUT2D eigenvalue weighted by atomic mass is 10.2. The zero-order chi connectivity index (χ0) is 12.9. The summed E-state index contributed by atoms with van der Waals surface area (Å²) in [6.45, 7) is 0.637. The summed E-state index contributed by atoms with van der Waals surface area (Å²) in [6.07, 6.45) is 4.97. The van der Waals surface area contributed by atoms with Gasteiger partial charge in [0, 0.05) is 18.2 Å². The first-order valence-electron chi connectivity index (χ1n) is 6.27. The molecule has 0 N–H and O–H groups in total. The van der Waals surface area contributed by atoms with Gasteiger partial charge < -0.3 is 4.52 Å². The number of aromatic nitrogens is 3. The molecule has 0 saturated heterocycles. The van der Waals surface area contributed by atoms with E-state index in [9.17, 15) is 4.57 Å². The van der Waals surface area contributed by atoms with Crippen LogP contribution in [-0.2, 0) is 11.1 Å². The van der Waals surface area contributed by atoms with Crippen LogP contribution in [0, 0.1) is 0 Å². The first-order valence-corrected chi connectivity index (χ1v) is 7.80. The Morgan fingerprint density at radius 1 is 1.32 bits per heavy atom. The van der Waals surface area contributed by atoms with Crippen molar-refractivity contribution in [2.75, 3.05) is 0 Å². The van der Waals surface area contributed by atoms with Crippen LogP contribution in [-0.4, -0.2) is 25.2 Å². The number of hydrogen-bond donors (Lipinski definition) is 0. The fourth-order valence-corrected chi connectivity index (χ4v) is 4.57. The third kappa shape index (κ3) is 1.71. The van der Waals surface area contributed by atoms with Crippen molar-refractivity contribution in [1.82, 2.24) is 19.2 Å². The summed E-state index contributed by atoms with van der Waals surface area (Å²) in [6, 6.07) is 8.04. The molecule has 98 valence electrons. The van der Waals surface area contributed by atoms with E-state index < -0.39 is 7.67 Å². The van der Waals surface area contributed by atoms with Crippen LogP contribution in [0.15, 0.2) is 36.9 Å². The minimum atomic E-state index is -3.18. The van der Waals surface area contributed by atoms with Gasteiger partial charge in [-0.05, 0) is 18.9 Å². The van der Waals surface area contributed by atoms with E-state index in [4.69, 9.17) is 4.52 Å². The third-order valence-corrected chi connectivity index (χ3v) is 5.76. The Morgan fingerprint density at radius 2 is 2.16 bits per heavy atom. The normalized spacial score (nSPS) is 26.7. The van der Waals surface area contributed by atoms with E-state index in [-0.39, 0.29) is 0 Å². The highest BCUT2D eigenvalue weighted by atomic mass is 31.2. The van der Waals surface area contributed by atoms with Gasteiger partial charge in [0.25, 0.3) is 0 Å². The fourth-order valence-electron chi connectivity index (χ4n) is 2.37. The Labute approximate surface area is 110 Å². The molecule has 0 radical (unpaired) electrons. The Morgan fingerprint density at radius 3 is 2.89 bits per heavy atom. The lowest BCUT2D eigenvalue weighted by Crippen LogP contribution is -2.32. The number of nitrogens with zero attached hydrogens (tertiary/aromatic N) is 4. The summed E-state index contributed by atoms with van der Waals surface area (Å²) in [5.41, 5.74) is 1.07. The second-order valence-corrected chi connectivity index (χ2v) is 6.92. The number of rotatable bonds is 2. The van der Waals surface area contributed by atoms with Crippen molar-refractivity contribution < 1.29 is 9.09 Å². The molecule has 19 heavy (non-hydrogen) atoms. The molecule has 1 saturated carbocycles. The molecule has 1 aliphatic heterocycles. The molecule has 1 atom stereocenters. The summed E-state index contributed by atoms with van der Waals surface area (Å²) in [4.78, 5) is 3.89. The van der Waals surface area contributed by atoms with Crippen molar-refractivity contribution in [2.24, 2.45) is 0 Å². The minimum absolute atomic E-state index is 0.323. The van der Waals surface area contributed by atoms with Gasteiger partial charge in [0.05, 0.1) is 0 Å². The number of para-hydroxylation sites is 1. The first-order chi connectivity index (χ1) is 9.27. The predicted octanol–water partition coefficient (Wildman–Crippen LogP) is 2.29. The minimum Gasteiger partial charge on any atom is -0.416 e. The molecule has 1 aromatic heterocycles. The lowest BCUT2D eigenvalue weighted by Gasteiger charge is -2.35. The molecule has 2 aliphatic rings. The Balaban J connectivity index is 1.83. The fraction of sp³-hybridized carbons (Fsp3) is 0.333. The quantitative estimate of drug-likeness (QED) is 0.788. The molecule has 1 fully saturated rings. The van der Waals surface area contributed by atoms with Gasteiger partial charge in [0.2, 0.25) is 0 Å². The maximum atomic E-state index is 13.2. The zero-order valence-electron chi connectivity index (χ0n) is 10.2. The number of fused-ring (bicyclic) bond motifs is 1. The van der Waals surface area contributed by atoms with Gasteiger partial charge in [-0.3, -0.25) is 0 Å². The Bertz CT molecular complexity index is 654. The van der Waals surface area contributed by atoms with E-state index in [0.717, 1.165) is 18.4 Å². The SMILES string of the molecule is O=P1(n2cncn2)Oc2ccccc2CN1C1CC1. The summed E-state index contributed by atoms with van der Waals surface area (Å²) >= 11 is 0. The molecule has 0 amide bonds. The van der Waals surface area contributed by atoms with E-state index in [0.29, 0.717) is 18.3 Å². The molecule has 4 rings (SSSR count). The van der Waals surface area contributed by atoms with E-state index in [1.807, 2.05) is 28.9 Å². The molecule has 2 heterocycles. The second-order valence-electron chi connectivity index (χ2n) is 4.83. The average molecular weight is 276 g/mol. The Kier molecular flexibility index (Phi) is 2.31. The van der Waals surface area contributed by atoms with Gasteiger partial charge in [-0.15, -0.1) is 5.10 Å². The second kappa shape index (κ2) is 3.92. The molecule has 7 heteroatoms. The van der Waals surface area contributed by atoms with Crippen LogP contribution in [0.4, 0.5) is 0 Å². The van der Waals surface area contributed by atoms with Gasteiger partial charge >= 0.3 is 7.67 Å². The van der Waals surface area contributed by atoms with Gasteiger partial charge in [-0.25, -0.2) is 9.55 Å². The van der Waals surface area contributed by atoms with Crippen LogP contribution in [0.25, 0.3) is 0 Å². The highest BCUT2D eigenvalue weighted by Crippen LogP contribution is 2.59. The first kappa shape index (κ1) is 11.2. The maximum Gasteiger partial charge on any atom is 0.444 e. The van der Waals surface area contributed by atoms with Gasteiger partial charge in [-0.1, -0.05) is 18.2 Å². The average Bonchev–Trinajstić information content (AvgIpc) is 3.10. The molecular formula is C12H13N4O2P. The van der Waals surface area contributed by atoms with E-state index in [1.54, 1.807) is 0 Å². The summed E-state index contributed by atoms with van der Waals surface area (Å²) in [5, 5.41) is 4.02. The van der Waals surface area contributed by atoms with Crippen molar-refractivity contribution in [3.05, 3.63) is 42.5 Å². The van der Waals surface area contributed by atoms with Crippen molar-refractivity contribution >= 4 is 7.67 Å². The van der Waals surface area contributed by atoms with E-state index in [2.05, 4.69) is 10.1 Å². The van der Waals surface area contributed by atoms with E-state index in [1.165, 1.54) is 17.1 Å². The van der Waals surface area contributed by atoms with Crippen LogP contribution in [0.1, 0.15) is 18.4 Å². The van der Waals surface area contributed by atoms with Gasteiger partial charge in [0.15, 0.2) is 0 Å². The van der Waals surface area contributed by atoms with Crippen molar-refractivity contribution in [2.45, 2.75) is 25.4 Å². The molecule has 0 bridgehead atoms. The van der Waals surface area contributed by atoms with Gasteiger partial charge in [-0.2, -0.15) is 9.12 Å².